The highest BCUT2D eigenvalue weighted by atomic mass is 16.5. The molecular formula is C9H17NO2. The van der Waals surface area contributed by atoms with Gasteiger partial charge in [-0.15, -0.1) is 0 Å². The Balaban J connectivity index is 3.54. The molecule has 0 aliphatic rings. The van der Waals surface area contributed by atoms with Crippen LogP contribution in [0.5, 0.6) is 0 Å². The summed E-state index contributed by atoms with van der Waals surface area (Å²) in [5.41, 5.74) is 0.527. The lowest BCUT2D eigenvalue weighted by Crippen LogP contribution is -2.32. The zero-order valence-electron chi connectivity index (χ0n) is 8.02. The Morgan fingerprint density at radius 3 is 2.67 bits per heavy atom. The van der Waals surface area contributed by atoms with Crippen molar-refractivity contribution in [2.45, 2.75) is 26.9 Å². The van der Waals surface area contributed by atoms with Gasteiger partial charge in [0.05, 0.1) is 6.10 Å². The molecule has 0 radical (unpaired) electrons. The smallest absolute Gasteiger partial charge is 0.246 e. The fourth-order valence-corrected chi connectivity index (χ4v) is 0.731. The van der Waals surface area contributed by atoms with Gasteiger partial charge in [0.25, 0.3) is 0 Å². The van der Waals surface area contributed by atoms with E-state index < -0.39 is 0 Å². The van der Waals surface area contributed by atoms with Gasteiger partial charge in [-0.05, 0) is 20.8 Å². The minimum absolute atomic E-state index is 0.0679. The molecule has 0 heterocycles. The Morgan fingerprint density at radius 1 is 1.67 bits per heavy atom. The summed E-state index contributed by atoms with van der Waals surface area (Å²) in [7, 11) is 0. The van der Waals surface area contributed by atoms with Crippen LogP contribution in [-0.4, -0.2) is 25.2 Å². The van der Waals surface area contributed by atoms with E-state index in [9.17, 15) is 4.79 Å². The largest absolute Gasteiger partial charge is 0.377 e. The van der Waals surface area contributed by atoms with Gasteiger partial charge < -0.3 is 10.1 Å². The molecule has 12 heavy (non-hydrogen) atoms. The summed E-state index contributed by atoms with van der Waals surface area (Å²) in [4.78, 5) is 11.0. The van der Waals surface area contributed by atoms with Crippen LogP contribution >= 0.6 is 0 Å². The summed E-state index contributed by atoms with van der Waals surface area (Å²) in [6.45, 7) is 10.3. The zero-order valence-corrected chi connectivity index (χ0v) is 8.02. The Morgan fingerprint density at radius 2 is 2.25 bits per heavy atom. The quantitative estimate of drug-likeness (QED) is 0.629. The van der Waals surface area contributed by atoms with Gasteiger partial charge in [0, 0.05) is 18.7 Å². The summed E-state index contributed by atoms with van der Waals surface area (Å²) < 4.78 is 5.23. The van der Waals surface area contributed by atoms with Gasteiger partial charge in [0.2, 0.25) is 5.91 Å². The number of amides is 1. The second kappa shape index (κ2) is 5.77. The molecule has 0 rings (SSSR count). The lowest BCUT2D eigenvalue weighted by Gasteiger charge is -2.12. The lowest BCUT2D eigenvalue weighted by atomic mass is 10.3. The average molecular weight is 171 g/mol. The van der Waals surface area contributed by atoms with E-state index in [-0.39, 0.29) is 12.0 Å². The van der Waals surface area contributed by atoms with E-state index in [0.717, 1.165) is 0 Å². The topological polar surface area (TPSA) is 38.3 Å². The van der Waals surface area contributed by atoms with E-state index in [0.29, 0.717) is 18.7 Å². The summed E-state index contributed by atoms with van der Waals surface area (Å²) in [6, 6.07) is 0. The van der Waals surface area contributed by atoms with Crippen LogP contribution in [0.2, 0.25) is 0 Å². The molecule has 0 bridgehead atoms. The van der Waals surface area contributed by atoms with Gasteiger partial charge in [-0.25, -0.2) is 0 Å². The third kappa shape index (κ3) is 4.91. The van der Waals surface area contributed by atoms with Crippen LogP contribution in [0.1, 0.15) is 20.8 Å². The highest BCUT2D eigenvalue weighted by Crippen LogP contribution is 1.90. The molecule has 0 saturated heterocycles. The lowest BCUT2D eigenvalue weighted by molar-refractivity contribution is -0.118. The average Bonchev–Trinajstić information content (AvgIpc) is 2.00. The van der Waals surface area contributed by atoms with E-state index in [2.05, 4.69) is 11.9 Å². The van der Waals surface area contributed by atoms with E-state index >= 15 is 0 Å². The van der Waals surface area contributed by atoms with Crippen molar-refractivity contribution >= 4 is 5.91 Å². The van der Waals surface area contributed by atoms with Gasteiger partial charge in [-0.2, -0.15) is 0 Å². The van der Waals surface area contributed by atoms with Gasteiger partial charge in [-0.1, -0.05) is 6.58 Å². The predicted molar refractivity (Wildman–Crippen MR) is 48.9 cm³/mol. The molecule has 0 aromatic rings. The highest BCUT2D eigenvalue weighted by Gasteiger charge is 2.04. The predicted octanol–water partition coefficient (Wildman–Crippen LogP) is 1.10. The number of carbonyl (C=O) groups is 1. The number of nitrogens with one attached hydrogen (secondary N) is 1. The molecule has 0 aromatic heterocycles. The summed E-state index contributed by atoms with van der Waals surface area (Å²) in [5.74, 6) is -0.110. The minimum atomic E-state index is -0.110. The molecule has 3 heteroatoms. The molecule has 3 nitrogen and oxygen atoms in total. The molecule has 1 N–H and O–H groups in total. The maximum atomic E-state index is 11.0. The second-order valence-corrected chi connectivity index (χ2v) is 2.76. The van der Waals surface area contributed by atoms with Crippen molar-refractivity contribution < 1.29 is 9.53 Å². The Kier molecular flexibility index (Phi) is 5.37. The van der Waals surface area contributed by atoms with Crippen molar-refractivity contribution in [2.75, 3.05) is 13.2 Å². The first-order valence-electron chi connectivity index (χ1n) is 4.13. The second-order valence-electron chi connectivity index (χ2n) is 2.76. The van der Waals surface area contributed by atoms with E-state index in [1.807, 2.05) is 13.8 Å². The van der Waals surface area contributed by atoms with Crippen molar-refractivity contribution in [3.05, 3.63) is 12.2 Å². The Hall–Kier alpha value is -0.830. The monoisotopic (exact) mass is 171 g/mol. The molecule has 0 aliphatic heterocycles. The molecule has 1 unspecified atom stereocenters. The van der Waals surface area contributed by atoms with Crippen LogP contribution < -0.4 is 5.32 Å². The van der Waals surface area contributed by atoms with Gasteiger partial charge in [0.15, 0.2) is 0 Å². The van der Waals surface area contributed by atoms with Crippen LogP contribution in [0.3, 0.4) is 0 Å². The minimum Gasteiger partial charge on any atom is -0.377 e. The van der Waals surface area contributed by atoms with Crippen LogP contribution in [0, 0.1) is 0 Å². The van der Waals surface area contributed by atoms with Crippen LogP contribution in [0.15, 0.2) is 12.2 Å². The fourth-order valence-electron chi connectivity index (χ4n) is 0.731. The molecule has 0 aromatic carbocycles. The standard InChI is InChI=1S/C9H17NO2/c1-5-12-8(4)6-10-9(11)7(2)3/h8H,2,5-6H2,1,3-4H3,(H,10,11). The molecule has 0 fully saturated rings. The van der Waals surface area contributed by atoms with Crippen molar-refractivity contribution in [2.24, 2.45) is 0 Å². The van der Waals surface area contributed by atoms with Gasteiger partial charge >= 0.3 is 0 Å². The van der Waals surface area contributed by atoms with Crippen molar-refractivity contribution in [3.63, 3.8) is 0 Å². The molecule has 70 valence electrons. The Bertz CT molecular complexity index is 166. The van der Waals surface area contributed by atoms with E-state index in [1.165, 1.54) is 0 Å². The summed E-state index contributed by atoms with van der Waals surface area (Å²) in [5, 5.41) is 2.70. The molecular weight excluding hydrogens is 154 g/mol. The van der Waals surface area contributed by atoms with Gasteiger partial charge in [-0.3, -0.25) is 4.79 Å². The number of hydrogen-bond donors (Lipinski definition) is 1. The first-order valence-corrected chi connectivity index (χ1v) is 4.13. The molecule has 0 saturated carbocycles. The molecule has 0 spiro atoms. The maximum absolute atomic E-state index is 11.0. The SMILES string of the molecule is C=C(C)C(=O)NCC(C)OCC. The Labute approximate surface area is 73.8 Å². The third-order valence-electron chi connectivity index (χ3n) is 1.39. The van der Waals surface area contributed by atoms with Crippen molar-refractivity contribution in [1.82, 2.24) is 5.32 Å². The maximum Gasteiger partial charge on any atom is 0.246 e. The van der Waals surface area contributed by atoms with E-state index in [1.54, 1.807) is 6.92 Å². The fraction of sp³-hybridized carbons (Fsp3) is 0.667. The zero-order chi connectivity index (χ0) is 9.56. The molecule has 1 amide bonds. The van der Waals surface area contributed by atoms with Crippen LogP contribution in [-0.2, 0) is 9.53 Å². The number of ether oxygens (including phenoxy) is 1. The third-order valence-corrected chi connectivity index (χ3v) is 1.39. The first-order chi connectivity index (χ1) is 5.57. The van der Waals surface area contributed by atoms with Crippen LogP contribution in [0.4, 0.5) is 0 Å². The van der Waals surface area contributed by atoms with Crippen molar-refractivity contribution in [1.29, 1.82) is 0 Å². The van der Waals surface area contributed by atoms with Crippen molar-refractivity contribution in [3.8, 4) is 0 Å². The first kappa shape index (κ1) is 11.2. The summed E-state index contributed by atoms with van der Waals surface area (Å²) in [6.07, 6.45) is 0.0679. The number of rotatable bonds is 5. The number of hydrogen-bond acceptors (Lipinski definition) is 2. The molecule has 1 atom stereocenters. The summed E-state index contributed by atoms with van der Waals surface area (Å²) >= 11 is 0. The number of carbonyl (C=O) groups excluding carboxylic acids is 1. The highest BCUT2D eigenvalue weighted by molar-refractivity contribution is 5.92. The van der Waals surface area contributed by atoms with Crippen LogP contribution in [0.25, 0.3) is 0 Å². The van der Waals surface area contributed by atoms with Gasteiger partial charge in [0.1, 0.15) is 0 Å². The molecule has 0 aliphatic carbocycles. The normalized spacial score (nSPS) is 12.2. The van der Waals surface area contributed by atoms with E-state index in [4.69, 9.17) is 4.74 Å².